The zero-order valence-electron chi connectivity index (χ0n) is 11.2. The highest BCUT2D eigenvalue weighted by Gasteiger charge is 2.18. The van der Waals surface area contributed by atoms with E-state index in [1.165, 1.54) is 12.1 Å². The second-order valence-corrected chi connectivity index (χ2v) is 5.28. The summed E-state index contributed by atoms with van der Waals surface area (Å²) in [5.41, 5.74) is 7.89. The maximum atomic E-state index is 13.3. The van der Waals surface area contributed by atoms with Gasteiger partial charge in [-0.25, -0.2) is 9.07 Å². The van der Waals surface area contributed by atoms with Gasteiger partial charge in [-0.05, 0) is 17.7 Å². The molecule has 0 spiro atoms. The molecule has 0 aliphatic heterocycles. The fourth-order valence-corrected chi connectivity index (χ4v) is 1.65. The van der Waals surface area contributed by atoms with Gasteiger partial charge in [0.1, 0.15) is 5.82 Å². The zero-order valence-corrected chi connectivity index (χ0v) is 12.0. The van der Waals surface area contributed by atoms with Crippen molar-refractivity contribution in [2.75, 3.05) is 0 Å². The standard InChI is InChI=1S/C13H17FN4.ClH/c1-13(2,3)12-8-18(17-16-12)11-6-10(14)5-4-9(11)7-15;/h4-6,8H,7,15H2,1-3H3;1H. The van der Waals surface area contributed by atoms with Crippen molar-refractivity contribution in [1.82, 2.24) is 15.0 Å². The summed E-state index contributed by atoms with van der Waals surface area (Å²) < 4.78 is 14.9. The van der Waals surface area contributed by atoms with E-state index in [4.69, 9.17) is 5.73 Å². The van der Waals surface area contributed by atoms with Gasteiger partial charge in [0.25, 0.3) is 0 Å². The van der Waals surface area contributed by atoms with Crippen molar-refractivity contribution in [3.63, 3.8) is 0 Å². The highest BCUT2D eigenvalue weighted by atomic mass is 35.5. The number of nitrogens with two attached hydrogens (primary N) is 1. The molecule has 0 radical (unpaired) electrons. The average Bonchev–Trinajstić information content (AvgIpc) is 2.77. The monoisotopic (exact) mass is 284 g/mol. The zero-order chi connectivity index (χ0) is 13.3. The highest BCUT2D eigenvalue weighted by Crippen LogP contribution is 2.21. The van der Waals surface area contributed by atoms with E-state index in [1.807, 2.05) is 6.20 Å². The Morgan fingerprint density at radius 2 is 2.00 bits per heavy atom. The van der Waals surface area contributed by atoms with E-state index in [0.717, 1.165) is 11.3 Å². The normalized spacial score (nSPS) is 11.2. The van der Waals surface area contributed by atoms with Gasteiger partial charge >= 0.3 is 0 Å². The lowest BCUT2D eigenvalue weighted by atomic mass is 9.93. The van der Waals surface area contributed by atoms with Crippen molar-refractivity contribution in [3.05, 3.63) is 41.5 Å². The summed E-state index contributed by atoms with van der Waals surface area (Å²) in [7, 11) is 0. The molecule has 4 nitrogen and oxygen atoms in total. The summed E-state index contributed by atoms with van der Waals surface area (Å²) in [5, 5.41) is 8.17. The van der Waals surface area contributed by atoms with Crippen LogP contribution in [0.3, 0.4) is 0 Å². The molecular weight excluding hydrogens is 267 g/mol. The van der Waals surface area contributed by atoms with Crippen LogP contribution in [0.1, 0.15) is 32.0 Å². The van der Waals surface area contributed by atoms with E-state index < -0.39 is 0 Å². The number of hydrogen-bond donors (Lipinski definition) is 1. The molecule has 0 aliphatic rings. The molecule has 104 valence electrons. The summed E-state index contributed by atoms with van der Waals surface area (Å²) in [4.78, 5) is 0. The molecule has 0 saturated carbocycles. The molecule has 0 fully saturated rings. The third-order valence-corrected chi connectivity index (χ3v) is 2.78. The smallest absolute Gasteiger partial charge is 0.125 e. The van der Waals surface area contributed by atoms with Crippen LogP contribution in [0.25, 0.3) is 5.69 Å². The first-order chi connectivity index (χ1) is 8.41. The van der Waals surface area contributed by atoms with Gasteiger partial charge in [-0.2, -0.15) is 0 Å². The first kappa shape index (κ1) is 15.6. The molecule has 0 bridgehead atoms. The van der Waals surface area contributed by atoms with Gasteiger partial charge in [-0.1, -0.05) is 32.1 Å². The number of rotatable bonds is 2. The molecular formula is C13H18ClFN4. The van der Waals surface area contributed by atoms with Gasteiger partial charge in [-0.3, -0.25) is 0 Å². The van der Waals surface area contributed by atoms with E-state index >= 15 is 0 Å². The number of hydrogen-bond acceptors (Lipinski definition) is 3. The number of aromatic nitrogens is 3. The van der Waals surface area contributed by atoms with E-state index in [1.54, 1.807) is 10.7 Å². The quantitative estimate of drug-likeness (QED) is 0.922. The molecule has 1 aromatic carbocycles. The van der Waals surface area contributed by atoms with Crippen LogP contribution in [0.5, 0.6) is 0 Å². The van der Waals surface area contributed by atoms with Crippen LogP contribution in [0, 0.1) is 5.82 Å². The molecule has 0 saturated heterocycles. The Labute approximate surface area is 118 Å². The molecule has 0 aliphatic carbocycles. The van der Waals surface area contributed by atoms with Crippen molar-refractivity contribution in [2.24, 2.45) is 5.73 Å². The van der Waals surface area contributed by atoms with Crippen LogP contribution in [-0.4, -0.2) is 15.0 Å². The molecule has 6 heteroatoms. The van der Waals surface area contributed by atoms with E-state index in [9.17, 15) is 4.39 Å². The van der Waals surface area contributed by atoms with Crippen LogP contribution in [0.2, 0.25) is 0 Å². The molecule has 0 unspecified atom stereocenters. The lowest BCUT2D eigenvalue weighted by Gasteiger charge is -2.13. The van der Waals surface area contributed by atoms with Gasteiger partial charge < -0.3 is 5.73 Å². The second kappa shape index (κ2) is 5.67. The van der Waals surface area contributed by atoms with Crippen molar-refractivity contribution >= 4 is 12.4 Å². The summed E-state index contributed by atoms with van der Waals surface area (Å²) in [6.45, 7) is 6.49. The minimum atomic E-state index is -0.310. The highest BCUT2D eigenvalue weighted by molar-refractivity contribution is 5.85. The molecule has 1 heterocycles. The Hall–Kier alpha value is -1.46. The predicted molar refractivity (Wildman–Crippen MR) is 75.2 cm³/mol. The summed E-state index contributed by atoms with van der Waals surface area (Å²) in [6, 6.07) is 4.49. The van der Waals surface area contributed by atoms with E-state index in [2.05, 4.69) is 31.1 Å². The lowest BCUT2D eigenvalue weighted by Crippen LogP contribution is -2.11. The maximum Gasteiger partial charge on any atom is 0.125 e. The summed E-state index contributed by atoms with van der Waals surface area (Å²) in [5.74, 6) is -0.310. The molecule has 0 atom stereocenters. The van der Waals surface area contributed by atoms with Gasteiger partial charge in [0.05, 0.1) is 17.6 Å². The Bertz CT molecular complexity index is 560. The average molecular weight is 285 g/mol. The van der Waals surface area contributed by atoms with E-state index in [-0.39, 0.29) is 23.6 Å². The fourth-order valence-electron chi connectivity index (χ4n) is 1.65. The second-order valence-electron chi connectivity index (χ2n) is 5.28. The Morgan fingerprint density at radius 1 is 1.32 bits per heavy atom. The van der Waals surface area contributed by atoms with Crippen molar-refractivity contribution in [3.8, 4) is 5.69 Å². The first-order valence-electron chi connectivity index (χ1n) is 5.83. The number of nitrogens with zero attached hydrogens (tertiary/aromatic N) is 3. The molecule has 1 aromatic heterocycles. The van der Waals surface area contributed by atoms with Gasteiger partial charge in [0.2, 0.25) is 0 Å². The third kappa shape index (κ3) is 3.30. The Morgan fingerprint density at radius 3 is 2.53 bits per heavy atom. The largest absolute Gasteiger partial charge is 0.326 e. The number of benzene rings is 1. The molecule has 2 aromatic rings. The SMILES string of the molecule is CC(C)(C)c1cn(-c2cc(F)ccc2CN)nn1.Cl. The van der Waals surface area contributed by atoms with Crippen LogP contribution in [-0.2, 0) is 12.0 Å². The molecule has 2 rings (SSSR count). The van der Waals surface area contributed by atoms with Gasteiger partial charge in [-0.15, -0.1) is 17.5 Å². The first-order valence-corrected chi connectivity index (χ1v) is 5.83. The maximum absolute atomic E-state index is 13.3. The van der Waals surface area contributed by atoms with Crippen molar-refractivity contribution < 1.29 is 4.39 Å². The summed E-state index contributed by atoms with van der Waals surface area (Å²) >= 11 is 0. The van der Waals surface area contributed by atoms with Gasteiger partial charge in [0.15, 0.2) is 0 Å². The van der Waals surface area contributed by atoms with Crippen molar-refractivity contribution in [2.45, 2.75) is 32.7 Å². The van der Waals surface area contributed by atoms with E-state index in [0.29, 0.717) is 12.2 Å². The third-order valence-electron chi connectivity index (χ3n) is 2.78. The molecule has 19 heavy (non-hydrogen) atoms. The predicted octanol–water partition coefficient (Wildman–Crippen LogP) is 2.58. The topological polar surface area (TPSA) is 56.7 Å². The Balaban J connectivity index is 0.00000180. The van der Waals surface area contributed by atoms with Crippen molar-refractivity contribution in [1.29, 1.82) is 0 Å². The van der Waals surface area contributed by atoms with Crippen LogP contribution < -0.4 is 5.73 Å². The van der Waals surface area contributed by atoms with Crippen LogP contribution in [0.15, 0.2) is 24.4 Å². The molecule has 0 amide bonds. The minimum absolute atomic E-state index is 0. The Kier molecular flexibility index (Phi) is 4.66. The van der Waals surface area contributed by atoms with Gasteiger partial charge in [0, 0.05) is 12.0 Å². The summed E-state index contributed by atoms with van der Waals surface area (Å²) in [6.07, 6.45) is 1.81. The molecule has 2 N–H and O–H groups in total. The van der Waals surface area contributed by atoms with Crippen LogP contribution in [0.4, 0.5) is 4.39 Å². The van der Waals surface area contributed by atoms with Crippen LogP contribution >= 0.6 is 12.4 Å². The number of halogens is 2. The fraction of sp³-hybridized carbons (Fsp3) is 0.385. The lowest BCUT2D eigenvalue weighted by molar-refractivity contribution is 0.566. The minimum Gasteiger partial charge on any atom is -0.326 e.